The highest BCUT2D eigenvalue weighted by molar-refractivity contribution is 5.95. The van der Waals surface area contributed by atoms with Gasteiger partial charge in [-0.3, -0.25) is 4.79 Å². The zero-order valence-electron chi connectivity index (χ0n) is 12.4. The Bertz CT molecular complexity index is 539. The minimum atomic E-state index is -0.275. The number of fused-ring (bicyclic) bond motifs is 1. The highest BCUT2D eigenvalue weighted by Crippen LogP contribution is 2.26. The lowest BCUT2D eigenvalue weighted by Crippen LogP contribution is -2.53. The van der Waals surface area contributed by atoms with E-state index < -0.39 is 0 Å². The maximum Gasteiger partial charge on any atom is 0.254 e. The summed E-state index contributed by atoms with van der Waals surface area (Å²) in [4.78, 5) is 14.6. The summed E-state index contributed by atoms with van der Waals surface area (Å²) in [6, 6.07) is 6.00. The van der Waals surface area contributed by atoms with Crippen LogP contribution in [0.15, 0.2) is 18.2 Å². The van der Waals surface area contributed by atoms with E-state index in [4.69, 9.17) is 4.74 Å². The van der Waals surface area contributed by atoms with Gasteiger partial charge in [0.2, 0.25) is 0 Å². The smallest absolute Gasteiger partial charge is 0.254 e. The van der Waals surface area contributed by atoms with Gasteiger partial charge < -0.3 is 15.0 Å². The highest BCUT2D eigenvalue weighted by atomic mass is 16.5. The van der Waals surface area contributed by atoms with Gasteiger partial charge in [-0.05, 0) is 44.9 Å². The molecule has 0 radical (unpaired) electrons. The standard InChI is InChI=1S/C16H22N2O2/c1-11-9-18(10-16(2,3)20-11)15(19)13-5-4-12-6-7-17-14(12)8-13/h4-5,8,11,17H,6-7,9-10H2,1-3H3. The van der Waals surface area contributed by atoms with Crippen LogP contribution in [-0.4, -0.2) is 42.1 Å². The molecule has 0 bridgehead atoms. The van der Waals surface area contributed by atoms with Crippen LogP contribution in [0, 0.1) is 0 Å². The van der Waals surface area contributed by atoms with E-state index in [1.54, 1.807) is 0 Å². The SMILES string of the molecule is CC1CN(C(=O)c2ccc3c(c2)NCC3)CC(C)(C)O1. The van der Waals surface area contributed by atoms with Gasteiger partial charge in [0.1, 0.15) is 0 Å². The van der Waals surface area contributed by atoms with Crippen LogP contribution in [0.1, 0.15) is 36.7 Å². The van der Waals surface area contributed by atoms with Crippen molar-refractivity contribution in [2.45, 2.75) is 38.9 Å². The van der Waals surface area contributed by atoms with Crippen LogP contribution in [0.2, 0.25) is 0 Å². The summed E-state index contributed by atoms with van der Waals surface area (Å²) >= 11 is 0. The molecule has 1 fully saturated rings. The maximum atomic E-state index is 12.7. The first-order valence-electron chi connectivity index (χ1n) is 7.28. The summed E-state index contributed by atoms with van der Waals surface area (Å²) in [5.74, 6) is 0.102. The molecule has 20 heavy (non-hydrogen) atoms. The third-order valence-corrected chi connectivity index (χ3v) is 3.92. The van der Waals surface area contributed by atoms with Gasteiger partial charge in [-0.2, -0.15) is 0 Å². The molecule has 1 unspecified atom stereocenters. The largest absolute Gasteiger partial charge is 0.384 e. The molecule has 1 aromatic carbocycles. The van der Waals surface area contributed by atoms with Crippen LogP contribution < -0.4 is 5.32 Å². The number of rotatable bonds is 1. The van der Waals surface area contributed by atoms with Gasteiger partial charge in [-0.1, -0.05) is 6.07 Å². The second-order valence-corrected chi connectivity index (χ2v) is 6.42. The number of benzene rings is 1. The van der Waals surface area contributed by atoms with E-state index in [9.17, 15) is 4.79 Å². The predicted molar refractivity (Wildman–Crippen MR) is 79.2 cm³/mol. The molecular formula is C16H22N2O2. The number of carbonyl (C=O) groups is 1. The van der Waals surface area contributed by atoms with Crippen molar-refractivity contribution in [3.05, 3.63) is 29.3 Å². The molecule has 3 rings (SSSR count). The summed E-state index contributed by atoms with van der Waals surface area (Å²) in [5.41, 5.74) is 2.90. The first kappa shape index (κ1) is 13.4. The van der Waals surface area contributed by atoms with E-state index in [1.165, 1.54) is 5.56 Å². The Balaban J connectivity index is 1.81. The van der Waals surface area contributed by atoms with Gasteiger partial charge in [0.25, 0.3) is 5.91 Å². The summed E-state index contributed by atoms with van der Waals surface area (Å²) in [6.07, 6.45) is 1.13. The monoisotopic (exact) mass is 274 g/mol. The molecular weight excluding hydrogens is 252 g/mol. The minimum Gasteiger partial charge on any atom is -0.384 e. The second-order valence-electron chi connectivity index (χ2n) is 6.42. The summed E-state index contributed by atoms with van der Waals surface area (Å²) in [6.45, 7) is 8.36. The molecule has 0 aromatic heterocycles. The van der Waals surface area contributed by atoms with Crippen LogP contribution in [0.3, 0.4) is 0 Å². The van der Waals surface area contributed by atoms with E-state index in [0.29, 0.717) is 13.1 Å². The number of carbonyl (C=O) groups excluding carboxylic acids is 1. The van der Waals surface area contributed by atoms with Gasteiger partial charge in [-0.15, -0.1) is 0 Å². The number of amides is 1. The van der Waals surface area contributed by atoms with Crippen LogP contribution in [0.5, 0.6) is 0 Å². The number of ether oxygens (including phenoxy) is 1. The third kappa shape index (κ3) is 2.52. The van der Waals surface area contributed by atoms with Gasteiger partial charge in [0, 0.05) is 30.9 Å². The molecule has 1 saturated heterocycles. The van der Waals surface area contributed by atoms with Gasteiger partial charge in [-0.25, -0.2) is 0 Å². The topological polar surface area (TPSA) is 41.6 Å². The average Bonchev–Trinajstić information content (AvgIpc) is 2.82. The Morgan fingerprint density at radius 3 is 3.00 bits per heavy atom. The van der Waals surface area contributed by atoms with E-state index in [2.05, 4.69) is 11.4 Å². The fourth-order valence-corrected chi connectivity index (χ4v) is 3.21. The fraction of sp³-hybridized carbons (Fsp3) is 0.562. The number of morpholine rings is 1. The fourth-order valence-electron chi connectivity index (χ4n) is 3.21. The normalized spacial score (nSPS) is 24.1. The molecule has 0 saturated carbocycles. The number of hydrogen-bond acceptors (Lipinski definition) is 3. The van der Waals surface area contributed by atoms with Crippen LogP contribution in [-0.2, 0) is 11.2 Å². The zero-order valence-corrected chi connectivity index (χ0v) is 12.4. The van der Waals surface area contributed by atoms with Gasteiger partial charge in [0.15, 0.2) is 0 Å². The first-order valence-corrected chi connectivity index (χ1v) is 7.28. The van der Waals surface area contributed by atoms with Crippen molar-refractivity contribution in [1.29, 1.82) is 0 Å². The average molecular weight is 274 g/mol. The quantitative estimate of drug-likeness (QED) is 0.854. The Kier molecular flexibility index (Phi) is 3.21. The van der Waals surface area contributed by atoms with E-state index in [0.717, 1.165) is 24.2 Å². The van der Waals surface area contributed by atoms with Crippen molar-refractivity contribution in [3.63, 3.8) is 0 Å². The maximum absolute atomic E-state index is 12.7. The second kappa shape index (κ2) is 4.77. The predicted octanol–water partition coefficient (Wildman–Crippen LogP) is 2.29. The molecule has 4 nitrogen and oxygen atoms in total. The van der Waals surface area contributed by atoms with Crippen molar-refractivity contribution in [2.24, 2.45) is 0 Å². The van der Waals surface area contributed by atoms with E-state index in [-0.39, 0.29) is 17.6 Å². The molecule has 2 aliphatic rings. The third-order valence-electron chi connectivity index (χ3n) is 3.92. The van der Waals surface area contributed by atoms with Crippen molar-refractivity contribution >= 4 is 11.6 Å². The molecule has 4 heteroatoms. The lowest BCUT2D eigenvalue weighted by molar-refractivity contribution is -0.118. The molecule has 0 spiro atoms. The van der Waals surface area contributed by atoms with Crippen molar-refractivity contribution < 1.29 is 9.53 Å². The number of anilines is 1. The summed E-state index contributed by atoms with van der Waals surface area (Å²) < 4.78 is 5.86. The molecule has 1 amide bonds. The molecule has 108 valence electrons. The lowest BCUT2D eigenvalue weighted by atomic mass is 10.0. The van der Waals surface area contributed by atoms with Crippen molar-refractivity contribution in [2.75, 3.05) is 25.0 Å². The van der Waals surface area contributed by atoms with Crippen LogP contribution in [0.4, 0.5) is 5.69 Å². The molecule has 2 heterocycles. The molecule has 1 atom stereocenters. The minimum absolute atomic E-state index is 0.0789. The summed E-state index contributed by atoms with van der Waals surface area (Å²) in [5, 5.41) is 3.33. The van der Waals surface area contributed by atoms with E-state index in [1.807, 2.05) is 37.8 Å². The Morgan fingerprint density at radius 1 is 1.45 bits per heavy atom. The van der Waals surface area contributed by atoms with Crippen molar-refractivity contribution in [1.82, 2.24) is 4.90 Å². The lowest BCUT2D eigenvalue weighted by Gasteiger charge is -2.41. The number of nitrogens with zero attached hydrogens (tertiary/aromatic N) is 1. The molecule has 2 aliphatic heterocycles. The number of hydrogen-bond donors (Lipinski definition) is 1. The van der Waals surface area contributed by atoms with E-state index >= 15 is 0 Å². The summed E-state index contributed by atoms with van der Waals surface area (Å²) in [7, 11) is 0. The van der Waals surface area contributed by atoms with Crippen LogP contribution >= 0.6 is 0 Å². The Labute approximate surface area is 120 Å². The first-order chi connectivity index (χ1) is 9.44. The van der Waals surface area contributed by atoms with Crippen molar-refractivity contribution in [3.8, 4) is 0 Å². The molecule has 0 aliphatic carbocycles. The molecule has 1 N–H and O–H groups in total. The highest BCUT2D eigenvalue weighted by Gasteiger charge is 2.34. The van der Waals surface area contributed by atoms with Crippen LogP contribution in [0.25, 0.3) is 0 Å². The zero-order chi connectivity index (χ0) is 14.3. The number of nitrogens with one attached hydrogen (secondary N) is 1. The molecule has 1 aromatic rings. The van der Waals surface area contributed by atoms with Gasteiger partial charge in [0.05, 0.1) is 11.7 Å². The van der Waals surface area contributed by atoms with Gasteiger partial charge >= 0.3 is 0 Å². The Hall–Kier alpha value is -1.55. The Morgan fingerprint density at radius 2 is 2.25 bits per heavy atom.